The Balaban J connectivity index is 2.18. The summed E-state index contributed by atoms with van der Waals surface area (Å²) in [6, 6.07) is 7.50. The highest BCUT2D eigenvalue weighted by Gasteiger charge is 2.35. The summed E-state index contributed by atoms with van der Waals surface area (Å²) in [7, 11) is 0. The molecule has 1 aliphatic rings. The van der Waals surface area contributed by atoms with Crippen molar-refractivity contribution in [3.63, 3.8) is 0 Å². The number of amides is 1. The Hall–Kier alpha value is -0.390. The molecule has 0 spiro atoms. The van der Waals surface area contributed by atoms with Crippen LogP contribution < -0.4 is 0 Å². The van der Waals surface area contributed by atoms with Crippen molar-refractivity contribution in [1.29, 1.82) is 0 Å². The van der Waals surface area contributed by atoms with Gasteiger partial charge in [-0.15, -0.1) is 0 Å². The van der Waals surface area contributed by atoms with Gasteiger partial charge in [-0.05, 0) is 32.0 Å². The van der Waals surface area contributed by atoms with Gasteiger partial charge in [-0.2, -0.15) is 0 Å². The number of hydrogen-bond donors (Lipinski definition) is 0. The summed E-state index contributed by atoms with van der Waals surface area (Å²) in [6.07, 6.45) is 0.0415. The fraction of sp³-hybridized carbons (Fsp3) is 0.500. The molecule has 0 N–H and O–H groups in total. The van der Waals surface area contributed by atoms with Crippen LogP contribution in [-0.2, 0) is 4.74 Å². The molecule has 1 aromatic carbocycles. The SMILES string of the molecule is CC1(C)CN(C(=O)c2cccc(Br)c2)CC(CBr)O1. The van der Waals surface area contributed by atoms with Crippen LogP contribution >= 0.6 is 31.9 Å². The quantitative estimate of drug-likeness (QED) is 0.723. The zero-order valence-corrected chi connectivity index (χ0v) is 14.2. The third kappa shape index (κ3) is 3.80. The van der Waals surface area contributed by atoms with Gasteiger partial charge in [0.2, 0.25) is 0 Å². The molecule has 5 heteroatoms. The summed E-state index contributed by atoms with van der Waals surface area (Å²) in [5.41, 5.74) is 0.402. The van der Waals surface area contributed by atoms with Crippen molar-refractivity contribution in [2.24, 2.45) is 0 Å². The fourth-order valence-electron chi connectivity index (χ4n) is 2.33. The lowest BCUT2D eigenvalue weighted by molar-refractivity contribution is -0.116. The number of benzene rings is 1. The number of carbonyl (C=O) groups excluding carboxylic acids is 1. The lowest BCUT2D eigenvalue weighted by atomic mass is 10.0. The Morgan fingerprint density at radius 1 is 1.53 bits per heavy atom. The first-order valence-corrected chi connectivity index (χ1v) is 8.11. The second kappa shape index (κ2) is 5.94. The summed E-state index contributed by atoms with van der Waals surface area (Å²) < 4.78 is 6.83. The molecule has 1 heterocycles. The predicted octanol–water partition coefficient (Wildman–Crippen LogP) is 3.46. The Kier molecular flexibility index (Phi) is 4.69. The van der Waals surface area contributed by atoms with E-state index in [2.05, 4.69) is 31.9 Å². The van der Waals surface area contributed by atoms with Crippen molar-refractivity contribution in [1.82, 2.24) is 4.90 Å². The van der Waals surface area contributed by atoms with Gasteiger partial charge in [0.1, 0.15) is 0 Å². The van der Waals surface area contributed by atoms with Gasteiger partial charge >= 0.3 is 0 Å². The van der Waals surface area contributed by atoms with Crippen LogP contribution in [0.2, 0.25) is 0 Å². The third-order valence-corrected chi connectivity index (χ3v) is 4.23. The highest BCUT2D eigenvalue weighted by atomic mass is 79.9. The van der Waals surface area contributed by atoms with Crippen molar-refractivity contribution < 1.29 is 9.53 Å². The van der Waals surface area contributed by atoms with Crippen LogP contribution in [0, 0.1) is 0 Å². The maximum atomic E-state index is 12.5. The smallest absolute Gasteiger partial charge is 0.254 e. The number of carbonyl (C=O) groups is 1. The second-order valence-corrected chi connectivity index (χ2v) is 6.91. The molecule has 0 bridgehead atoms. The van der Waals surface area contributed by atoms with E-state index in [-0.39, 0.29) is 17.6 Å². The van der Waals surface area contributed by atoms with E-state index in [9.17, 15) is 4.79 Å². The van der Waals surface area contributed by atoms with Crippen LogP contribution in [0.25, 0.3) is 0 Å². The number of nitrogens with zero attached hydrogens (tertiary/aromatic N) is 1. The van der Waals surface area contributed by atoms with E-state index in [1.807, 2.05) is 43.0 Å². The molecule has 0 aromatic heterocycles. The molecule has 1 amide bonds. The van der Waals surface area contributed by atoms with Crippen LogP contribution in [0.15, 0.2) is 28.7 Å². The van der Waals surface area contributed by atoms with Crippen LogP contribution in [0.4, 0.5) is 0 Å². The van der Waals surface area contributed by atoms with Crippen molar-refractivity contribution >= 4 is 37.8 Å². The molecule has 104 valence electrons. The number of hydrogen-bond acceptors (Lipinski definition) is 2. The number of ether oxygens (including phenoxy) is 1. The lowest BCUT2D eigenvalue weighted by Gasteiger charge is -2.42. The lowest BCUT2D eigenvalue weighted by Crippen LogP contribution is -2.55. The van der Waals surface area contributed by atoms with E-state index in [0.29, 0.717) is 18.7 Å². The van der Waals surface area contributed by atoms with Gasteiger partial charge in [-0.3, -0.25) is 4.79 Å². The minimum atomic E-state index is -0.307. The van der Waals surface area contributed by atoms with E-state index < -0.39 is 0 Å². The summed E-state index contributed by atoms with van der Waals surface area (Å²) in [4.78, 5) is 14.4. The van der Waals surface area contributed by atoms with Crippen LogP contribution in [-0.4, -0.2) is 40.9 Å². The standard InChI is InChI=1S/C14H17Br2NO2/c1-14(2)9-17(8-12(7-15)19-14)13(18)10-4-3-5-11(16)6-10/h3-6,12H,7-9H2,1-2H3. The maximum absolute atomic E-state index is 12.5. The molecule has 0 aliphatic carbocycles. The largest absolute Gasteiger partial charge is 0.368 e. The van der Waals surface area contributed by atoms with Crippen LogP contribution in [0.5, 0.6) is 0 Å². The average Bonchev–Trinajstić information content (AvgIpc) is 2.36. The van der Waals surface area contributed by atoms with Gasteiger partial charge in [0, 0.05) is 28.5 Å². The van der Waals surface area contributed by atoms with Gasteiger partial charge in [0.25, 0.3) is 5.91 Å². The molecule has 19 heavy (non-hydrogen) atoms. The normalized spacial score (nSPS) is 22.3. The Labute approximate surface area is 130 Å². The van der Waals surface area contributed by atoms with Crippen LogP contribution in [0.3, 0.4) is 0 Å². The Bertz CT molecular complexity index is 476. The molecule has 3 nitrogen and oxygen atoms in total. The summed E-state index contributed by atoms with van der Waals surface area (Å²) in [5.74, 6) is 0.0589. The van der Waals surface area contributed by atoms with Gasteiger partial charge < -0.3 is 9.64 Å². The summed E-state index contributed by atoms with van der Waals surface area (Å²) in [6.45, 7) is 5.27. The molecule has 1 aromatic rings. The Morgan fingerprint density at radius 2 is 2.26 bits per heavy atom. The van der Waals surface area contributed by atoms with Crippen molar-refractivity contribution in [2.45, 2.75) is 25.6 Å². The molecular weight excluding hydrogens is 374 g/mol. The molecule has 1 unspecified atom stereocenters. The molecular formula is C14H17Br2NO2. The first kappa shape index (κ1) is 15.0. The molecule has 1 fully saturated rings. The van der Waals surface area contributed by atoms with Crippen molar-refractivity contribution in [3.8, 4) is 0 Å². The first-order valence-electron chi connectivity index (χ1n) is 6.20. The minimum Gasteiger partial charge on any atom is -0.368 e. The minimum absolute atomic E-state index is 0.0415. The average molecular weight is 391 g/mol. The van der Waals surface area contributed by atoms with Crippen LogP contribution in [0.1, 0.15) is 24.2 Å². The number of halogens is 2. The van der Waals surface area contributed by atoms with E-state index in [4.69, 9.17) is 4.74 Å². The molecule has 2 rings (SSSR count). The second-order valence-electron chi connectivity index (χ2n) is 5.35. The highest BCUT2D eigenvalue weighted by Crippen LogP contribution is 2.24. The Morgan fingerprint density at radius 3 is 2.89 bits per heavy atom. The zero-order chi connectivity index (χ0) is 14.0. The first-order chi connectivity index (χ1) is 8.91. The van der Waals surface area contributed by atoms with Gasteiger partial charge in [0.15, 0.2) is 0 Å². The van der Waals surface area contributed by atoms with Gasteiger partial charge in [-0.25, -0.2) is 0 Å². The van der Waals surface area contributed by atoms with E-state index in [1.165, 1.54) is 0 Å². The van der Waals surface area contributed by atoms with E-state index in [0.717, 1.165) is 9.80 Å². The third-order valence-electron chi connectivity index (χ3n) is 3.01. The van der Waals surface area contributed by atoms with Crippen molar-refractivity contribution in [3.05, 3.63) is 34.3 Å². The maximum Gasteiger partial charge on any atom is 0.254 e. The highest BCUT2D eigenvalue weighted by molar-refractivity contribution is 9.10. The molecule has 0 radical (unpaired) electrons. The molecule has 1 atom stereocenters. The predicted molar refractivity (Wildman–Crippen MR) is 82.8 cm³/mol. The monoisotopic (exact) mass is 389 g/mol. The summed E-state index contributed by atoms with van der Waals surface area (Å²) >= 11 is 6.84. The van der Waals surface area contributed by atoms with Gasteiger partial charge in [-0.1, -0.05) is 37.9 Å². The van der Waals surface area contributed by atoms with Crippen molar-refractivity contribution in [2.75, 3.05) is 18.4 Å². The zero-order valence-electron chi connectivity index (χ0n) is 11.0. The van der Waals surface area contributed by atoms with E-state index >= 15 is 0 Å². The fourth-order valence-corrected chi connectivity index (χ4v) is 3.07. The van der Waals surface area contributed by atoms with Gasteiger partial charge in [0.05, 0.1) is 11.7 Å². The number of rotatable bonds is 2. The topological polar surface area (TPSA) is 29.5 Å². The molecule has 1 saturated heterocycles. The molecule has 0 saturated carbocycles. The number of alkyl halides is 1. The van der Waals surface area contributed by atoms with E-state index in [1.54, 1.807) is 0 Å². The molecule has 1 aliphatic heterocycles. The number of morpholine rings is 1. The summed E-state index contributed by atoms with van der Waals surface area (Å²) in [5, 5.41) is 0.735.